The van der Waals surface area contributed by atoms with E-state index in [9.17, 15) is 4.79 Å². The fourth-order valence-corrected chi connectivity index (χ4v) is 1.82. The number of ether oxygens (including phenoxy) is 1. The first-order valence-electron chi connectivity index (χ1n) is 5.86. The molecule has 4 N–H and O–H groups in total. The maximum Gasteiger partial charge on any atom is 0.248 e. The van der Waals surface area contributed by atoms with Crippen LogP contribution in [0, 0.1) is 0 Å². The van der Waals surface area contributed by atoms with Crippen LogP contribution in [-0.2, 0) is 16.0 Å². The average molecular weight is 238 g/mol. The Morgan fingerprint density at radius 2 is 2.59 bits per heavy atom. The summed E-state index contributed by atoms with van der Waals surface area (Å²) in [6.45, 7) is 2.89. The molecule has 1 atom stereocenters. The van der Waals surface area contributed by atoms with Crippen molar-refractivity contribution in [3.63, 3.8) is 0 Å². The molecule has 0 radical (unpaired) electrons. The van der Waals surface area contributed by atoms with Crippen LogP contribution in [0.5, 0.6) is 0 Å². The number of rotatable bonds is 4. The average Bonchev–Trinajstić information content (AvgIpc) is 2.90. The van der Waals surface area contributed by atoms with Crippen LogP contribution in [-0.4, -0.2) is 34.9 Å². The van der Waals surface area contributed by atoms with Gasteiger partial charge in [-0.3, -0.25) is 9.89 Å². The highest BCUT2D eigenvalue weighted by molar-refractivity contribution is 5.97. The maximum atomic E-state index is 11.9. The summed E-state index contributed by atoms with van der Waals surface area (Å²) in [5.74, 6) is 0.291. The third-order valence-electron chi connectivity index (χ3n) is 2.90. The van der Waals surface area contributed by atoms with Gasteiger partial charge < -0.3 is 15.8 Å². The molecule has 1 unspecified atom stereocenters. The summed E-state index contributed by atoms with van der Waals surface area (Å²) in [6, 6.07) is 1.83. The number of carbonyl (C=O) groups is 1. The molecule has 2 rings (SSSR count). The molecule has 94 valence electrons. The van der Waals surface area contributed by atoms with Crippen molar-refractivity contribution < 1.29 is 9.53 Å². The van der Waals surface area contributed by atoms with Gasteiger partial charge in [-0.1, -0.05) is 13.3 Å². The van der Waals surface area contributed by atoms with Gasteiger partial charge in [-0.2, -0.15) is 5.10 Å². The third kappa shape index (κ3) is 2.65. The van der Waals surface area contributed by atoms with Crippen molar-refractivity contribution in [3.05, 3.63) is 11.8 Å². The van der Waals surface area contributed by atoms with E-state index < -0.39 is 5.54 Å². The van der Waals surface area contributed by atoms with E-state index in [2.05, 4.69) is 22.4 Å². The molecule has 6 heteroatoms. The van der Waals surface area contributed by atoms with Gasteiger partial charge in [-0.25, -0.2) is 0 Å². The summed E-state index contributed by atoms with van der Waals surface area (Å²) in [6.07, 6.45) is 2.50. The zero-order valence-corrected chi connectivity index (χ0v) is 9.95. The van der Waals surface area contributed by atoms with Crippen molar-refractivity contribution in [1.82, 2.24) is 10.2 Å². The Labute approximate surface area is 99.9 Å². The Balaban J connectivity index is 1.97. The summed E-state index contributed by atoms with van der Waals surface area (Å²) in [5, 5.41) is 9.62. The molecule has 0 bridgehead atoms. The largest absolute Gasteiger partial charge is 0.379 e. The number of aromatic nitrogens is 2. The van der Waals surface area contributed by atoms with E-state index in [0.29, 0.717) is 18.8 Å². The Morgan fingerprint density at radius 1 is 1.76 bits per heavy atom. The number of amides is 1. The van der Waals surface area contributed by atoms with Gasteiger partial charge in [-0.15, -0.1) is 0 Å². The molecule has 1 aromatic rings. The maximum absolute atomic E-state index is 11.9. The van der Waals surface area contributed by atoms with Crippen LogP contribution >= 0.6 is 0 Å². The fraction of sp³-hybridized carbons (Fsp3) is 0.636. The lowest BCUT2D eigenvalue weighted by atomic mass is 9.99. The SMILES string of the molecule is CCCc1cc(NC(=O)C2(N)CCOC2)n[nH]1. The number of nitrogens with two attached hydrogens (primary N) is 1. The molecule has 0 aliphatic carbocycles. The molecule has 1 aromatic heterocycles. The monoisotopic (exact) mass is 238 g/mol. The molecule has 6 nitrogen and oxygen atoms in total. The summed E-state index contributed by atoms with van der Waals surface area (Å²) in [4.78, 5) is 11.9. The minimum absolute atomic E-state index is 0.232. The molecule has 1 saturated heterocycles. The second kappa shape index (κ2) is 4.85. The Hall–Kier alpha value is -1.40. The first kappa shape index (κ1) is 12.1. The Kier molecular flexibility index (Phi) is 3.44. The van der Waals surface area contributed by atoms with Crippen molar-refractivity contribution in [3.8, 4) is 0 Å². The van der Waals surface area contributed by atoms with E-state index in [1.165, 1.54) is 0 Å². The molecule has 0 spiro atoms. The lowest BCUT2D eigenvalue weighted by Gasteiger charge is -2.19. The topological polar surface area (TPSA) is 93.0 Å². The van der Waals surface area contributed by atoms with Crippen LogP contribution in [0.25, 0.3) is 0 Å². The predicted molar refractivity (Wildman–Crippen MR) is 63.6 cm³/mol. The molecule has 17 heavy (non-hydrogen) atoms. The van der Waals surface area contributed by atoms with E-state index in [1.807, 2.05) is 6.07 Å². The highest BCUT2D eigenvalue weighted by atomic mass is 16.5. The number of nitrogens with one attached hydrogen (secondary N) is 2. The quantitative estimate of drug-likeness (QED) is 0.708. The number of aryl methyl sites for hydroxylation is 1. The highest BCUT2D eigenvalue weighted by Crippen LogP contribution is 2.18. The number of nitrogens with zero attached hydrogens (tertiary/aromatic N) is 1. The van der Waals surface area contributed by atoms with Gasteiger partial charge in [0, 0.05) is 18.4 Å². The zero-order chi connectivity index (χ0) is 12.3. The summed E-state index contributed by atoms with van der Waals surface area (Å²) in [5.41, 5.74) is 6.04. The first-order valence-corrected chi connectivity index (χ1v) is 5.86. The number of anilines is 1. The van der Waals surface area contributed by atoms with Gasteiger partial charge in [0.2, 0.25) is 5.91 Å². The number of H-pyrrole nitrogens is 1. The molecule has 1 aliphatic rings. The minimum atomic E-state index is -0.913. The summed E-state index contributed by atoms with van der Waals surface area (Å²) in [7, 11) is 0. The van der Waals surface area contributed by atoms with Gasteiger partial charge in [-0.05, 0) is 12.8 Å². The molecule has 1 amide bonds. The van der Waals surface area contributed by atoms with E-state index in [4.69, 9.17) is 10.5 Å². The van der Waals surface area contributed by atoms with Crippen molar-refractivity contribution in [1.29, 1.82) is 0 Å². The van der Waals surface area contributed by atoms with E-state index in [0.717, 1.165) is 18.5 Å². The van der Waals surface area contributed by atoms with Gasteiger partial charge in [0.1, 0.15) is 5.54 Å². The Morgan fingerprint density at radius 3 is 3.24 bits per heavy atom. The van der Waals surface area contributed by atoms with Crippen molar-refractivity contribution >= 4 is 11.7 Å². The minimum Gasteiger partial charge on any atom is -0.379 e. The standard InChI is InChI=1S/C11H18N4O2/c1-2-3-8-6-9(15-14-8)13-10(16)11(12)4-5-17-7-11/h6H,2-5,7,12H2,1H3,(H2,13,14,15,16). The number of carbonyl (C=O) groups excluding carboxylic acids is 1. The van der Waals surface area contributed by atoms with E-state index in [-0.39, 0.29) is 12.5 Å². The predicted octanol–water partition coefficient (Wildman–Crippen LogP) is 0.418. The van der Waals surface area contributed by atoms with Crippen molar-refractivity contribution in [2.75, 3.05) is 18.5 Å². The molecule has 0 aromatic carbocycles. The summed E-state index contributed by atoms with van der Waals surface area (Å²) >= 11 is 0. The van der Waals surface area contributed by atoms with Gasteiger partial charge in [0.15, 0.2) is 5.82 Å². The second-order valence-electron chi connectivity index (χ2n) is 4.44. The molecular formula is C11H18N4O2. The van der Waals surface area contributed by atoms with Crippen LogP contribution < -0.4 is 11.1 Å². The Bertz CT molecular complexity index is 396. The lowest BCUT2D eigenvalue weighted by Crippen LogP contribution is -2.51. The smallest absolute Gasteiger partial charge is 0.248 e. The van der Waals surface area contributed by atoms with Gasteiger partial charge in [0.25, 0.3) is 0 Å². The van der Waals surface area contributed by atoms with Crippen LogP contribution in [0.15, 0.2) is 6.07 Å². The van der Waals surface area contributed by atoms with E-state index in [1.54, 1.807) is 0 Å². The summed E-state index contributed by atoms with van der Waals surface area (Å²) < 4.78 is 5.15. The molecule has 0 saturated carbocycles. The lowest BCUT2D eigenvalue weighted by molar-refractivity contribution is -0.121. The van der Waals surface area contributed by atoms with Gasteiger partial charge >= 0.3 is 0 Å². The third-order valence-corrected chi connectivity index (χ3v) is 2.90. The molecule has 2 heterocycles. The van der Waals surface area contributed by atoms with Crippen LogP contribution in [0.1, 0.15) is 25.5 Å². The van der Waals surface area contributed by atoms with Crippen molar-refractivity contribution in [2.45, 2.75) is 31.7 Å². The zero-order valence-electron chi connectivity index (χ0n) is 9.95. The normalized spacial score (nSPS) is 23.9. The number of aromatic amines is 1. The molecule has 1 aliphatic heterocycles. The van der Waals surface area contributed by atoms with Crippen molar-refractivity contribution in [2.24, 2.45) is 5.73 Å². The number of hydrogen-bond donors (Lipinski definition) is 3. The molecular weight excluding hydrogens is 220 g/mol. The second-order valence-corrected chi connectivity index (χ2v) is 4.44. The van der Waals surface area contributed by atoms with Crippen LogP contribution in [0.3, 0.4) is 0 Å². The fourth-order valence-electron chi connectivity index (χ4n) is 1.82. The molecule has 1 fully saturated rings. The van der Waals surface area contributed by atoms with E-state index >= 15 is 0 Å². The van der Waals surface area contributed by atoms with Gasteiger partial charge in [0.05, 0.1) is 6.61 Å². The highest BCUT2D eigenvalue weighted by Gasteiger charge is 2.38. The number of hydrogen-bond acceptors (Lipinski definition) is 4. The first-order chi connectivity index (χ1) is 8.14. The van der Waals surface area contributed by atoms with Crippen LogP contribution in [0.4, 0.5) is 5.82 Å². The van der Waals surface area contributed by atoms with Crippen LogP contribution in [0.2, 0.25) is 0 Å².